The van der Waals surface area contributed by atoms with E-state index in [4.69, 9.17) is 4.74 Å². The summed E-state index contributed by atoms with van der Waals surface area (Å²) in [5, 5.41) is 3.10. The fourth-order valence-corrected chi connectivity index (χ4v) is 3.14. The van der Waals surface area contributed by atoms with E-state index in [1.807, 2.05) is 0 Å². The number of rotatable bonds is 2. The highest BCUT2D eigenvalue weighted by Crippen LogP contribution is 2.43. The average Bonchev–Trinajstić information content (AvgIpc) is 2.38. The van der Waals surface area contributed by atoms with Crippen molar-refractivity contribution >= 4 is 5.69 Å². The second kappa shape index (κ2) is 5.16. The van der Waals surface area contributed by atoms with Crippen LogP contribution in [0.2, 0.25) is 0 Å². The molecule has 2 nitrogen and oxygen atoms in total. The zero-order valence-electron chi connectivity index (χ0n) is 11.5. The highest BCUT2D eigenvalue weighted by molar-refractivity contribution is 5.48. The quantitative estimate of drug-likeness (QED) is 0.820. The molecule has 0 amide bonds. The predicted octanol–water partition coefficient (Wildman–Crippen LogP) is 4.36. The van der Waals surface area contributed by atoms with Gasteiger partial charge in [-0.05, 0) is 50.3 Å². The van der Waals surface area contributed by atoms with Crippen molar-refractivity contribution in [3.63, 3.8) is 0 Å². The van der Waals surface area contributed by atoms with Crippen LogP contribution in [0.3, 0.4) is 0 Å². The smallest absolute Gasteiger partial charge is 0.382 e. The third-order valence-electron chi connectivity index (χ3n) is 4.40. The molecule has 1 spiro atoms. The van der Waals surface area contributed by atoms with Gasteiger partial charge >= 0.3 is 6.18 Å². The van der Waals surface area contributed by atoms with Gasteiger partial charge in [-0.1, -0.05) is 0 Å². The summed E-state index contributed by atoms with van der Waals surface area (Å²) in [7, 11) is 0. The van der Waals surface area contributed by atoms with Crippen molar-refractivity contribution in [1.29, 1.82) is 0 Å². The summed E-state index contributed by atoms with van der Waals surface area (Å²) in [6.07, 6.45) is 0.0468. The molecule has 2 aliphatic rings. The molecule has 0 radical (unpaired) electrons. The Morgan fingerprint density at radius 3 is 2.62 bits per heavy atom. The van der Waals surface area contributed by atoms with Gasteiger partial charge < -0.3 is 10.1 Å². The summed E-state index contributed by atoms with van der Waals surface area (Å²) < 4.78 is 57.2. The fraction of sp³-hybridized carbons (Fsp3) is 0.600. The number of hydrogen-bond acceptors (Lipinski definition) is 2. The van der Waals surface area contributed by atoms with E-state index in [2.05, 4.69) is 5.32 Å². The zero-order chi connectivity index (χ0) is 15.1. The third kappa shape index (κ3) is 3.00. The molecule has 1 heterocycles. The lowest BCUT2D eigenvalue weighted by molar-refractivity contribution is -0.140. The Morgan fingerprint density at radius 1 is 1.24 bits per heavy atom. The normalized spacial score (nSPS) is 24.7. The molecular weight excluding hydrogens is 286 g/mol. The molecule has 116 valence electrons. The van der Waals surface area contributed by atoms with E-state index in [-0.39, 0.29) is 11.6 Å². The van der Waals surface area contributed by atoms with E-state index >= 15 is 0 Å². The maximum atomic E-state index is 13.3. The van der Waals surface area contributed by atoms with Crippen molar-refractivity contribution in [2.75, 3.05) is 11.9 Å². The Kier molecular flexibility index (Phi) is 3.59. The number of halogens is 4. The van der Waals surface area contributed by atoms with Crippen LogP contribution in [0.5, 0.6) is 0 Å². The lowest BCUT2D eigenvalue weighted by atomic mass is 9.74. The van der Waals surface area contributed by atoms with Crippen molar-refractivity contribution < 1.29 is 22.3 Å². The van der Waals surface area contributed by atoms with Gasteiger partial charge in [-0.2, -0.15) is 13.2 Å². The molecule has 0 aromatic heterocycles. The van der Waals surface area contributed by atoms with E-state index < -0.39 is 17.6 Å². The number of ether oxygens (including phenoxy) is 1. The molecule has 1 aromatic carbocycles. The van der Waals surface area contributed by atoms with Crippen LogP contribution < -0.4 is 5.32 Å². The van der Waals surface area contributed by atoms with E-state index in [9.17, 15) is 17.6 Å². The summed E-state index contributed by atoms with van der Waals surface area (Å²) in [5.74, 6) is -1.24. The fourth-order valence-electron chi connectivity index (χ4n) is 3.14. The van der Waals surface area contributed by atoms with Crippen molar-refractivity contribution in [3.05, 3.63) is 29.6 Å². The van der Waals surface area contributed by atoms with E-state index in [1.54, 1.807) is 0 Å². The standard InChI is InChI=1S/C15H17F4NO/c16-13-3-2-10(8-12(13)15(17,18)19)20-11-4-7-21-14(9-11)5-1-6-14/h2-3,8,11,20H,1,4-7,9H2. The highest BCUT2D eigenvalue weighted by atomic mass is 19.4. The van der Waals surface area contributed by atoms with Crippen LogP contribution in [-0.4, -0.2) is 18.2 Å². The van der Waals surface area contributed by atoms with Crippen molar-refractivity contribution in [3.8, 4) is 0 Å². The summed E-state index contributed by atoms with van der Waals surface area (Å²) in [6, 6.07) is 3.14. The molecule has 3 rings (SSSR count). The van der Waals surface area contributed by atoms with Crippen LogP contribution >= 0.6 is 0 Å². The van der Waals surface area contributed by atoms with E-state index in [0.717, 1.165) is 44.2 Å². The van der Waals surface area contributed by atoms with Gasteiger partial charge in [0.2, 0.25) is 0 Å². The second-order valence-electron chi connectivity index (χ2n) is 5.91. The maximum Gasteiger partial charge on any atom is 0.419 e. The van der Waals surface area contributed by atoms with Gasteiger partial charge in [0, 0.05) is 18.3 Å². The topological polar surface area (TPSA) is 21.3 Å². The first-order valence-corrected chi connectivity index (χ1v) is 7.15. The summed E-state index contributed by atoms with van der Waals surface area (Å²) in [4.78, 5) is 0. The van der Waals surface area contributed by atoms with E-state index in [1.165, 1.54) is 6.07 Å². The molecule has 1 aliphatic heterocycles. The minimum absolute atomic E-state index is 0.0746. The molecule has 1 aromatic rings. The Labute approximate surface area is 120 Å². The molecule has 1 unspecified atom stereocenters. The first kappa shape index (κ1) is 14.6. The minimum atomic E-state index is -4.67. The first-order valence-electron chi connectivity index (χ1n) is 7.15. The average molecular weight is 303 g/mol. The van der Waals surface area contributed by atoms with Gasteiger partial charge in [-0.3, -0.25) is 0 Å². The molecule has 21 heavy (non-hydrogen) atoms. The molecule has 1 aliphatic carbocycles. The molecular formula is C15H17F4NO. The van der Waals surface area contributed by atoms with Gasteiger partial charge in [0.05, 0.1) is 11.2 Å². The largest absolute Gasteiger partial charge is 0.419 e. The van der Waals surface area contributed by atoms with Crippen LogP contribution in [-0.2, 0) is 10.9 Å². The van der Waals surface area contributed by atoms with Crippen LogP contribution in [0.4, 0.5) is 23.2 Å². The van der Waals surface area contributed by atoms with E-state index in [0.29, 0.717) is 12.3 Å². The summed E-state index contributed by atoms with van der Waals surface area (Å²) in [6.45, 7) is 0.616. The second-order valence-corrected chi connectivity index (χ2v) is 5.91. The molecule has 1 atom stereocenters. The predicted molar refractivity (Wildman–Crippen MR) is 70.6 cm³/mol. The summed E-state index contributed by atoms with van der Waals surface area (Å²) >= 11 is 0. The van der Waals surface area contributed by atoms with Gasteiger partial charge in [0.25, 0.3) is 0 Å². The van der Waals surface area contributed by atoms with Crippen LogP contribution in [0.15, 0.2) is 18.2 Å². The zero-order valence-corrected chi connectivity index (χ0v) is 11.5. The van der Waals surface area contributed by atoms with Crippen molar-refractivity contribution in [1.82, 2.24) is 0 Å². The number of alkyl halides is 3. The number of nitrogens with one attached hydrogen (secondary N) is 1. The lowest BCUT2D eigenvalue weighted by Gasteiger charge is -2.47. The van der Waals surface area contributed by atoms with Crippen LogP contribution in [0.25, 0.3) is 0 Å². The minimum Gasteiger partial charge on any atom is -0.382 e. The van der Waals surface area contributed by atoms with Crippen molar-refractivity contribution in [2.24, 2.45) is 0 Å². The van der Waals surface area contributed by atoms with Gasteiger partial charge in [-0.15, -0.1) is 0 Å². The Bertz CT molecular complexity index is 525. The SMILES string of the molecule is Fc1ccc(NC2CCOC3(CCC3)C2)cc1C(F)(F)F. The molecule has 0 bridgehead atoms. The summed E-state index contributed by atoms with van der Waals surface area (Å²) in [5.41, 5.74) is -0.994. The molecule has 1 N–H and O–H groups in total. The Balaban J connectivity index is 1.73. The molecule has 1 saturated carbocycles. The van der Waals surface area contributed by atoms with Crippen LogP contribution in [0.1, 0.15) is 37.7 Å². The first-order chi connectivity index (χ1) is 9.88. The molecule has 1 saturated heterocycles. The lowest BCUT2D eigenvalue weighted by Crippen LogP contribution is -2.49. The Hall–Kier alpha value is -1.30. The number of anilines is 1. The molecule has 2 fully saturated rings. The van der Waals surface area contributed by atoms with Gasteiger partial charge in [0.1, 0.15) is 5.82 Å². The highest BCUT2D eigenvalue weighted by Gasteiger charge is 2.42. The third-order valence-corrected chi connectivity index (χ3v) is 4.40. The molecule has 6 heteroatoms. The van der Waals surface area contributed by atoms with Crippen LogP contribution in [0, 0.1) is 5.82 Å². The maximum absolute atomic E-state index is 13.3. The van der Waals surface area contributed by atoms with Gasteiger partial charge in [-0.25, -0.2) is 4.39 Å². The Morgan fingerprint density at radius 2 is 2.00 bits per heavy atom. The monoisotopic (exact) mass is 303 g/mol. The number of hydrogen-bond donors (Lipinski definition) is 1. The number of benzene rings is 1. The van der Waals surface area contributed by atoms with Crippen molar-refractivity contribution in [2.45, 2.75) is 49.9 Å². The van der Waals surface area contributed by atoms with Gasteiger partial charge in [0.15, 0.2) is 0 Å².